The normalized spacial score (nSPS) is 12.2. The Morgan fingerprint density at radius 3 is 2.88 bits per heavy atom. The molecular formula is C13H19NO2. The average molecular weight is 221 g/mol. The van der Waals surface area contributed by atoms with E-state index in [9.17, 15) is 4.79 Å². The van der Waals surface area contributed by atoms with Gasteiger partial charge in [-0.3, -0.25) is 4.79 Å². The van der Waals surface area contributed by atoms with E-state index in [-0.39, 0.29) is 12.0 Å². The van der Waals surface area contributed by atoms with E-state index in [0.29, 0.717) is 13.0 Å². The molecule has 16 heavy (non-hydrogen) atoms. The van der Waals surface area contributed by atoms with Crippen LogP contribution in [-0.4, -0.2) is 19.6 Å². The number of benzene rings is 1. The van der Waals surface area contributed by atoms with Gasteiger partial charge in [-0.05, 0) is 19.4 Å². The molecule has 0 aliphatic carbocycles. The molecule has 0 bridgehead atoms. The van der Waals surface area contributed by atoms with Crippen molar-refractivity contribution in [1.82, 2.24) is 5.32 Å². The second-order valence-electron chi connectivity index (χ2n) is 3.92. The molecule has 1 aromatic rings. The summed E-state index contributed by atoms with van der Waals surface area (Å²) in [6, 6.07) is 8.61. The van der Waals surface area contributed by atoms with Gasteiger partial charge in [-0.1, -0.05) is 29.8 Å². The van der Waals surface area contributed by atoms with Gasteiger partial charge in [0.25, 0.3) is 0 Å². The van der Waals surface area contributed by atoms with E-state index in [2.05, 4.69) is 42.1 Å². The first-order valence-corrected chi connectivity index (χ1v) is 5.50. The molecule has 0 amide bonds. The van der Waals surface area contributed by atoms with Gasteiger partial charge >= 0.3 is 5.97 Å². The molecule has 0 aliphatic rings. The van der Waals surface area contributed by atoms with Crippen molar-refractivity contribution in [3.8, 4) is 0 Å². The van der Waals surface area contributed by atoms with Gasteiger partial charge in [-0.25, -0.2) is 0 Å². The van der Waals surface area contributed by atoms with Crippen LogP contribution < -0.4 is 5.32 Å². The monoisotopic (exact) mass is 221 g/mol. The van der Waals surface area contributed by atoms with Gasteiger partial charge in [0, 0.05) is 12.6 Å². The number of ether oxygens (including phenoxy) is 1. The molecule has 1 N–H and O–H groups in total. The van der Waals surface area contributed by atoms with Crippen LogP contribution in [0.15, 0.2) is 24.3 Å². The first-order valence-electron chi connectivity index (χ1n) is 5.50. The molecule has 0 spiro atoms. The van der Waals surface area contributed by atoms with Gasteiger partial charge < -0.3 is 10.1 Å². The maximum absolute atomic E-state index is 10.9. The van der Waals surface area contributed by atoms with Crippen LogP contribution in [0.25, 0.3) is 0 Å². The van der Waals surface area contributed by atoms with Crippen LogP contribution in [0.2, 0.25) is 0 Å². The summed E-state index contributed by atoms with van der Waals surface area (Å²) in [7, 11) is 1.41. The van der Waals surface area contributed by atoms with Crippen LogP contribution >= 0.6 is 0 Å². The third kappa shape index (κ3) is 4.03. The van der Waals surface area contributed by atoms with E-state index in [1.54, 1.807) is 0 Å². The van der Waals surface area contributed by atoms with E-state index >= 15 is 0 Å². The van der Waals surface area contributed by atoms with Crippen molar-refractivity contribution in [1.29, 1.82) is 0 Å². The fourth-order valence-corrected chi connectivity index (χ4v) is 1.55. The van der Waals surface area contributed by atoms with E-state index in [1.165, 1.54) is 18.2 Å². The number of hydrogen-bond acceptors (Lipinski definition) is 3. The van der Waals surface area contributed by atoms with Crippen LogP contribution in [0.1, 0.15) is 30.5 Å². The second kappa shape index (κ2) is 6.28. The molecular weight excluding hydrogens is 202 g/mol. The van der Waals surface area contributed by atoms with Crippen molar-refractivity contribution in [3.63, 3.8) is 0 Å². The Bertz CT molecular complexity index is 350. The Hall–Kier alpha value is -1.35. The molecule has 1 aromatic carbocycles. The predicted octanol–water partition coefficient (Wildman–Crippen LogP) is 2.21. The van der Waals surface area contributed by atoms with E-state index in [4.69, 9.17) is 0 Å². The lowest BCUT2D eigenvalue weighted by molar-refractivity contribution is -0.140. The van der Waals surface area contributed by atoms with Crippen molar-refractivity contribution in [2.24, 2.45) is 0 Å². The van der Waals surface area contributed by atoms with Crippen LogP contribution in [0, 0.1) is 6.92 Å². The zero-order valence-electron chi connectivity index (χ0n) is 10.1. The first-order chi connectivity index (χ1) is 7.63. The van der Waals surface area contributed by atoms with E-state index < -0.39 is 0 Å². The predicted molar refractivity (Wildman–Crippen MR) is 64.2 cm³/mol. The minimum absolute atomic E-state index is 0.177. The molecule has 0 aromatic heterocycles. The zero-order valence-corrected chi connectivity index (χ0v) is 10.1. The summed E-state index contributed by atoms with van der Waals surface area (Å²) in [4.78, 5) is 10.9. The minimum atomic E-state index is -0.177. The molecule has 0 fully saturated rings. The zero-order chi connectivity index (χ0) is 12.0. The second-order valence-corrected chi connectivity index (χ2v) is 3.92. The lowest BCUT2D eigenvalue weighted by atomic mass is 10.1. The third-order valence-corrected chi connectivity index (χ3v) is 2.55. The number of nitrogens with one attached hydrogen (secondary N) is 1. The number of aryl methyl sites for hydroxylation is 1. The minimum Gasteiger partial charge on any atom is -0.469 e. The van der Waals surface area contributed by atoms with Gasteiger partial charge in [0.05, 0.1) is 13.5 Å². The fourth-order valence-electron chi connectivity index (χ4n) is 1.55. The number of hydrogen-bond donors (Lipinski definition) is 1. The summed E-state index contributed by atoms with van der Waals surface area (Å²) in [6.45, 7) is 4.80. The number of carbonyl (C=O) groups excluding carboxylic acids is 1. The van der Waals surface area contributed by atoms with E-state index in [1.807, 2.05) is 6.07 Å². The Morgan fingerprint density at radius 2 is 2.25 bits per heavy atom. The molecule has 0 radical (unpaired) electrons. The summed E-state index contributed by atoms with van der Waals surface area (Å²) in [6.07, 6.45) is 0.409. The van der Waals surface area contributed by atoms with Gasteiger partial charge in [0.2, 0.25) is 0 Å². The Balaban J connectivity index is 2.40. The van der Waals surface area contributed by atoms with Crippen molar-refractivity contribution >= 4 is 5.97 Å². The SMILES string of the molecule is COC(=O)CCN[C@H](C)c1cccc(C)c1. The maximum Gasteiger partial charge on any atom is 0.306 e. The average Bonchev–Trinajstić information content (AvgIpc) is 2.28. The highest BCUT2D eigenvalue weighted by atomic mass is 16.5. The molecule has 0 saturated carbocycles. The number of esters is 1. The Kier molecular flexibility index (Phi) is 4.99. The van der Waals surface area contributed by atoms with Crippen LogP contribution in [-0.2, 0) is 9.53 Å². The summed E-state index contributed by atoms with van der Waals surface area (Å²) < 4.78 is 4.58. The first kappa shape index (κ1) is 12.7. The van der Waals surface area contributed by atoms with E-state index in [0.717, 1.165) is 0 Å². The molecule has 0 unspecified atom stereocenters. The highest BCUT2D eigenvalue weighted by Crippen LogP contribution is 2.13. The van der Waals surface area contributed by atoms with Crippen LogP contribution in [0.4, 0.5) is 0 Å². The molecule has 3 nitrogen and oxygen atoms in total. The molecule has 0 saturated heterocycles. The quantitative estimate of drug-likeness (QED) is 0.775. The Morgan fingerprint density at radius 1 is 1.50 bits per heavy atom. The summed E-state index contributed by atoms with van der Waals surface area (Å²) >= 11 is 0. The molecule has 3 heteroatoms. The molecule has 1 rings (SSSR count). The van der Waals surface area contributed by atoms with Gasteiger partial charge in [-0.15, -0.1) is 0 Å². The van der Waals surface area contributed by atoms with Crippen LogP contribution in [0.3, 0.4) is 0 Å². The smallest absolute Gasteiger partial charge is 0.306 e. The van der Waals surface area contributed by atoms with Crippen molar-refractivity contribution in [2.45, 2.75) is 26.3 Å². The molecule has 88 valence electrons. The van der Waals surface area contributed by atoms with Crippen LogP contribution in [0.5, 0.6) is 0 Å². The highest BCUT2D eigenvalue weighted by Gasteiger charge is 2.06. The Labute approximate surface area is 96.8 Å². The molecule has 1 atom stereocenters. The molecule has 0 aliphatic heterocycles. The summed E-state index contributed by atoms with van der Waals surface area (Å²) in [5.74, 6) is -0.177. The standard InChI is InChI=1S/C13H19NO2/c1-10-5-4-6-12(9-10)11(2)14-8-7-13(15)16-3/h4-6,9,11,14H,7-8H2,1-3H3/t11-/m1/s1. The maximum atomic E-state index is 10.9. The lowest BCUT2D eigenvalue weighted by Gasteiger charge is -2.14. The fraction of sp³-hybridized carbons (Fsp3) is 0.462. The van der Waals surface area contributed by atoms with Crippen molar-refractivity contribution in [2.75, 3.05) is 13.7 Å². The summed E-state index contributed by atoms with van der Waals surface area (Å²) in [5, 5.41) is 3.29. The summed E-state index contributed by atoms with van der Waals surface area (Å²) in [5.41, 5.74) is 2.49. The topological polar surface area (TPSA) is 38.3 Å². The van der Waals surface area contributed by atoms with Gasteiger partial charge in [0.15, 0.2) is 0 Å². The number of methoxy groups -OCH3 is 1. The number of carbonyl (C=O) groups is 1. The molecule has 0 heterocycles. The highest BCUT2D eigenvalue weighted by molar-refractivity contribution is 5.69. The largest absolute Gasteiger partial charge is 0.469 e. The van der Waals surface area contributed by atoms with Crippen molar-refractivity contribution < 1.29 is 9.53 Å². The van der Waals surface area contributed by atoms with Gasteiger partial charge in [0.1, 0.15) is 0 Å². The number of rotatable bonds is 5. The lowest BCUT2D eigenvalue weighted by Crippen LogP contribution is -2.22. The third-order valence-electron chi connectivity index (χ3n) is 2.55. The van der Waals surface area contributed by atoms with Crippen molar-refractivity contribution in [3.05, 3.63) is 35.4 Å². The van der Waals surface area contributed by atoms with Gasteiger partial charge in [-0.2, -0.15) is 0 Å².